The van der Waals surface area contributed by atoms with Gasteiger partial charge >= 0.3 is 0 Å². The van der Waals surface area contributed by atoms with Crippen molar-refractivity contribution in [2.45, 2.75) is 40.2 Å². The summed E-state index contributed by atoms with van der Waals surface area (Å²) in [6, 6.07) is 14.6. The van der Waals surface area contributed by atoms with Crippen LogP contribution in [0.2, 0.25) is 0 Å². The number of hydrogen-bond acceptors (Lipinski definition) is 2. The second-order valence-corrected chi connectivity index (χ2v) is 7.21. The van der Waals surface area contributed by atoms with E-state index in [-0.39, 0.29) is 11.8 Å². The number of aryl methyl sites for hydroxylation is 2. The number of rotatable bonds is 4. The van der Waals surface area contributed by atoms with E-state index in [9.17, 15) is 4.79 Å². The SMILES string of the molecule is Cc1ccccc1CN1CCC(C(=O)Nc2cccc(C)c2C)CC1. The smallest absolute Gasteiger partial charge is 0.227 e. The maximum atomic E-state index is 12.6. The maximum Gasteiger partial charge on any atom is 0.227 e. The first-order valence-electron chi connectivity index (χ1n) is 9.18. The van der Waals surface area contributed by atoms with Crippen molar-refractivity contribution in [2.24, 2.45) is 5.92 Å². The highest BCUT2D eigenvalue weighted by atomic mass is 16.1. The number of nitrogens with one attached hydrogen (secondary N) is 1. The minimum atomic E-state index is 0.119. The van der Waals surface area contributed by atoms with Gasteiger partial charge in [-0.25, -0.2) is 0 Å². The fourth-order valence-electron chi connectivity index (χ4n) is 3.50. The molecule has 0 aliphatic carbocycles. The molecule has 1 fully saturated rings. The van der Waals surface area contributed by atoms with Gasteiger partial charge in [0.1, 0.15) is 0 Å². The predicted octanol–water partition coefficient (Wildman–Crippen LogP) is 4.46. The van der Waals surface area contributed by atoms with Gasteiger partial charge in [0.25, 0.3) is 0 Å². The number of nitrogens with zero attached hydrogens (tertiary/aromatic N) is 1. The van der Waals surface area contributed by atoms with E-state index < -0.39 is 0 Å². The van der Waals surface area contributed by atoms with Crippen LogP contribution in [-0.2, 0) is 11.3 Å². The lowest BCUT2D eigenvalue weighted by atomic mass is 9.95. The van der Waals surface area contributed by atoms with Gasteiger partial charge in [-0.15, -0.1) is 0 Å². The third-order valence-electron chi connectivity index (χ3n) is 5.48. The summed E-state index contributed by atoms with van der Waals surface area (Å²) in [5.41, 5.74) is 6.06. The highest BCUT2D eigenvalue weighted by Gasteiger charge is 2.25. The van der Waals surface area contributed by atoms with E-state index in [0.29, 0.717) is 0 Å². The zero-order chi connectivity index (χ0) is 17.8. The molecule has 1 saturated heterocycles. The molecule has 1 heterocycles. The summed E-state index contributed by atoms with van der Waals surface area (Å²) >= 11 is 0. The molecule has 1 aliphatic rings. The summed E-state index contributed by atoms with van der Waals surface area (Å²) in [6.45, 7) is 9.26. The first-order valence-corrected chi connectivity index (χ1v) is 9.18. The van der Waals surface area contributed by atoms with Crippen LogP contribution in [0.4, 0.5) is 5.69 Å². The van der Waals surface area contributed by atoms with Crippen molar-refractivity contribution >= 4 is 11.6 Å². The predicted molar refractivity (Wildman–Crippen MR) is 104 cm³/mol. The van der Waals surface area contributed by atoms with Gasteiger partial charge in [0.15, 0.2) is 0 Å². The van der Waals surface area contributed by atoms with Gasteiger partial charge in [0.05, 0.1) is 0 Å². The summed E-state index contributed by atoms with van der Waals surface area (Å²) in [6.07, 6.45) is 1.87. The Hall–Kier alpha value is -2.13. The molecule has 1 N–H and O–H groups in total. The second kappa shape index (κ2) is 7.83. The molecule has 0 radical (unpaired) electrons. The molecule has 0 bridgehead atoms. The third kappa shape index (κ3) is 4.29. The van der Waals surface area contributed by atoms with Crippen LogP contribution in [0, 0.1) is 26.7 Å². The van der Waals surface area contributed by atoms with Crippen molar-refractivity contribution in [1.82, 2.24) is 4.90 Å². The Morgan fingerprint density at radius 3 is 2.40 bits per heavy atom. The molecule has 2 aromatic rings. The number of piperidine rings is 1. The Kier molecular flexibility index (Phi) is 5.54. The van der Waals surface area contributed by atoms with E-state index in [1.807, 2.05) is 12.1 Å². The summed E-state index contributed by atoms with van der Waals surface area (Å²) in [5.74, 6) is 0.289. The number of amides is 1. The Balaban J connectivity index is 1.54. The molecule has 25 heavy (non-hydrogen) atoms. The molecule has 0 aromatic heterocycles. The van der Waals surface area contributed by atoms with Gasteiger partial charge in [0, 0.05) is 18.2 Å². The minimum absolute atomic E-state index is 0.119. The zero-order valence-electron chi connectivity index (χ0n) is 15.5. The number of benzene rings is 2. The standard InChI is InChI=1S/C22H28N2O/c1-16-8-6-10-21(18(16)3)23-22(25)19-11-13-24(14-12-19)15-20-9-5-4-7-17(20)2/h4-10,19H,11-15H2,1-3H3,(H,23,25). The molecule has 132 valence electrons. The number of anilines is 1. The van der Waals surface area contributed by atoms with Crippen molar-refractivity contribution in [3.05, 3.63) is 64.7 Å². The van der Waals surface area contributed by atoms with Crippen molar-refractivity contribution < 1.29 is 4.79 Å². The van der Waals surface area contributed by atoms with Gasteiger partial charge in [-0.1, -0.05) is 36.4 Å². The van der Waals surface area contributed by atoms with Crippen molar-refractivity contribution in [2.75, 3.05) is 18.4 Å². The van der Waals surface area contributed by atoms with E-state index in [0.717, 1.165) is 43.7 Å². The lowest BCUT2D eigenvalue weighted by Crippen LogP contribution is -2.38. The summed E-state index contributed by atoms with van der Waals surface area (Å²) < 4.78 is 0. The Labute approximate surface area is 151 Å². The molecular weight excluding hydrogens is 308 g/mol. The molecule has 2 aromatic carbocycles. The Morgan fingerprint density at radius 1 is 1.00 bits per heavy atom. The van der Waals surface area contributed by atoms with Crippen molar-refractivity contribution in [3.8, 4) is 0 Å². The summed E-state index contributed by atoms with van der Waals surface area (Å²) in [7, 11) is 0. The van der Waals surface area contributed by atoms with Crippen LogP contribution in [0.1, 0.15) is 35.1 Å². The lowest BCUT2D eigenvalue weighted by Gasteiger charge is -2.31. The molecule has 3 nitrogen and oxygen atoms in total. The zero-order valence-corrected chi connectivity index (χ0v) is 15.5. The van der Waals surface area contributed by atoms with E-state index in [1.54, 1.807) is 0 Å². The highest BCUT2D eigenvalue weighted by molar-refractivity contribution is 5.93. The number of hydrogen-bond donors (Lipinski definition) is 1. The topological polar surface area (TPSA) is 32.3 Å². The minimum Gasteiger partial charge on any atom is -0.326 e. The Morgan fingerprint density at radius 2 is 1.68 bits per heavy atom. The van der Waals surface area contributed by atoms with Crippen LogP contribution in [0.15, 0.2) is 42.5 Å². The first kappa shape index (κ1) is 17.7. The summed E-state index contributed by atoms with van der Waals surface area (Å²) in [4.78, 5) is 15.1. The molecule has 3 heteroatoms. The Bertz CT molecular complexity index is 745. The van der Waals surface area contributed by atoms with Crippen molar-refractivity contribution in [1.29, 1.82) is 0 Å². The molecule has 0 unspecified atom stereocenters. The van der Waals surface area contributed by atoms with Crippen LogP contribution < -0.4 is 5.32 Å². The van der Waals surface area contributed by atoms with Crippen LogP contribution in [-0.4, -0.2) is 23.9 Å². The lowest BCUT2D eigenvalue weighted by molar-refractivity contribution is -0.121. The van der Waals surface area contributed by atoms with Gasteiger partial charge in [-0.3, -0.25) is 9.69 Å². The normalized spacial score (nSPS) is 16.0. The fraction of sp³-hybridized carbons (Fsp3) is 0.409. The second-order valence-electron chi connectivity index (χ2n) is 7.21. The quantitative estimate of drug-likeness (QED) is 0.894. The molecular formula is C22H28N2O. The molecule has 1 aliphatic heterocycles. The van der Waals surface area contributed by atoms with E-state index >= 15 is 0 Å². The van der Waals surface area contributed by atoms with Gasteiger partial charge in [-0.05, 0) is 75.0 Å². The number of carbonyl (C=O) groups is 1. The molecule has 3 rings (SSSR count). The number of likely N-dealkylation sites (tertiary alicyclic amines) is 1. The first-order chi connectivity index (χ1) is 12.0. The van der Waals surface area contributed by atoms with Crippen LogP contribution in [0.3, 0.4) is 0 Å². The van der Waals surface area contributed by atoms with Crippen LogP contribution in [0.25, 0.3) is 0 Å². The van der Waals surface area contributed by atoms with E-state index in [2.05, 4.69) is 61.3 Å². The molecule has 0 spiro atoms. The molecule has 0 saturated carbocycles. The van der Waals surface area contributed by atoms with Crippen LogP contribution in [0.5, 0.6) is 0 Å². The molecule has 1 amide bonds. The fourth-order valence-corrected chi connectivity index (χ4v) is 3.50. The van der Waals surface area contributed by atoms with Crippen molar-refractivity contribution in [3.63, 3.8) is 0 Å². The third-order valence-corrected chi connectivity index (χ3v) is 5.48. The monoisotopic (exact) mass is 336 g/mol. The van der Waals surface area contributed by atoms with Gasteiger partial charge in [-0.2, -0.15) is 0 Å². The van der Waals surface area contributed by atoms with Gasteiger partial charge < -0.3 is 5.32 Å². The maximum absolute atomic E-state index is 12.6. The average Bonchev–Trinajstić information content (AvgIpc) is 2.61. The van der Waals surface area contributed by atoms with E-state index in [1.165, 1.54) is 16.7 Å². The number of carbonyl (C=O) groups excluding carboxylic acids is 1. The van der Waals surface area contributed by atoms with Crippen LogP contribution >= 0.6 is 0 Å². The summed E-state index contributed by atoms with van der Waals surface area (Å²) in [5, 5.41) is 3.14. The molecule has 0 atom stereocenters. The highest BCUT2D eigenvalue weighted by Crippen LogP contribution is 2.23. The largest absolute Gasteiger partial charge is 0.326 e. The average molecular weight is 336 g/mol. The van der Waals surface area contributed by atoms with Gasteiger partial charge in [0.2, 0.25) is 5.91 Å². The van der Waals surface area contributed by atoms with E-state index in [4.69, 9.17) is 0 Å².